The summed E-state index contributed by atoms with van der Waals surface area (Å²) in [5.74, 6) is 0.757. The van der Waals surface area contributed by atoms with Gasteiger partial charge in [0.1, 0.15) is 6.04 Å². The number of hydrogen-bond acceptors (Lipinski definition) is 2. The average Bonchev–Trinajstić information content (AvgIpc) is 2.36. The molecule has 0 aliphatic carbocycles. The number of carbonyl (C=O) groups is 1. The highest BCUT2D eigenvalue weighted by Gasteiger charge is 2.20. The van der Waals surface area contributed by atoms with E-state index in [2.05, 4.69) is 16.9 Å². The van der Waals surface area contributed by atoms with Gasteiger partial charge in [-0.15, -0.1) is 0 Å². The molecule has 0 aromatic heterocycles. The SMILES string of the molecule is C=C(C)C(=O)C(NC(C)=NCC)c1ccccc1. The Bertz CT molecular complexity index is 449. The van der Waals surface area contributed by atoms with Crippen molar-refractivity contribution in [1.29, 1.82) is 0 Å². The predicted octanol–water partition coefficient (Wildman–Crippen LogP) is 2.90. The van der Waals surface area contributed by atoms with Gasteiger partial charge in [0, 0.05) is 6.54 Å². The molecule has 0 fully saturated rings. The molecule has 96 valence electrons. The number of ketones is 1. The topological polar surface area (TPSA) is 41.5 Å². The van der Waals surface area contributed by atoms with Crippen LogP contribution in [0.15, 0.2) is 47.5 Å². The Morgan fingerprint density at radius 3 is 2.44 bits per heavy atom. The van der Waals surface area contributed by atoms with E-state index in [-0.39, 0.29) is 5.78 Å². The highest BCUT2D eigenvalue weighted by atomic mass is 16.1. The molecule has 0 heterocycles. The molecule has 1 unspecified atom stereocenters. The fraction of sp³-hybridized carbons (Fsp3) is 0.333. The first-order valence-corrected chi connectivity index (χ1v) is 6.08. The Balaban J connectivity index is 3.00. The predicted molar refractivity (Wildman–Crippen MR) is 75.8 cm³/mol. The summed E-state index contributed by atoms with van der Waals surface area (Å²) >= 11 is 0. The van der Waals surface area contributed by atoms with Crippen LogP contribution in [0.5, 0.6) is 0 Å². The molecule has 0 saturated carbocycles. The zero-order valence-corrected chi connectivity index (χ0v) is 11.2. The van der Waals surface area contributed by atoms with Crippen LogP contribution in [0.2, 0.25) is 0 Å². The highest BCUT2D eigenvalue weighted by Crippen LogP contribution is 2.16. The van der Waals surface area contributed by atoms with Crippen LogP contribution >= 0.6 is 0 Å². The van der Waals surface area contributed by atoms with Crippen LogP contribution in [0.4, 0.5) is 0 Å². The average molecular weight is 244 g/mol. The summed E-state index contributed by atoms with van der Waals surface area (Å²) in [7, 11) is 0. The summed E-state index contributed by atoms with van der Waals surface area (Å²) in [6.45, 7) is 9.98. The lowest BCUT2D eigenvalue weighted by Crippen LogP contribution is -2.32. The molecule has 0 radical (unpaired) electrons. The molecule has 0 spiro atoms. The van der Waals surface area contributed by atoms with Crippen LogP contribution in [-0.2, 0) is 4.79 Å². The number of benzene rings is 1. The molecule has 1 aromatic rings. The van der Waals surface area contributed by atoms with Crippen LogP contribution in [0.25, 0.3) is 0 Å². The van der Waals surface area contributed by atoms with Crippen LogP contribution in [0, 0.1) is 0 Å². The molecule has 0 bridgehead atoms. The summed E-state index contributed by atoms with van der Waals surface area (Å²) in [6.07, 6.45) is 0. The van der Waals surface area contributed by atoms with Crippen molar-refractivity contribution in [2.24, 2.45) is 4.99 Å². The number of carbonyl (C=O) groups excluding carboxylic acids is 1. The van der Waals surface area contributed by atoms with Gasteiger partial charge in [-0.05, 0) is 31.9 Å². The minimum Gasteiger partial charge on any atom is -0.360 e. The minimum atomic E-state index is -0.404. The van der Waals surface area contributed by atoms with Crippen molar-refractivity contribution < 1.29 is 4.79 Å². The normalized spacial score (nSPS) is 12.9. The molecule has 0 aliphatic heterocycles. The standard InChI is InChI=1S/C15H20N2O/c1-5-16-12(4)17-14(15(18)11(2)3)13-9-7-6-8-10-13/h6-10,14H,2,5H2,1,3-4H3,(H,16,17). The summed E-state index contributed by atoms with van der Waals surface area (Å²) in [5.41, 5.74) is 1.47. The number of aliphatic imine (C=N–C) groups is 1. The van der Waals surface area contributed by atoms with Gasteiger partial charge in [0.2, 0.25) is 0 Å². The quantitative estimate of drug-likeness (QED) is 0.491. The first kappa shape index (κ1) is 14.2. The third kappa shape index (κ3) is 3.84. The van der Waals surface area contributed by atoms with E-state index in [0.717, 1.165) is 11.4 Å². The van der Waals surface area contributed by atoms with Crippen molar-refractivity contribution in [3.05, 3.63) is 48.0 Å². The first-order valence-electron chi connectivity index (χ1n) is 6.08. The lowest BCUT2D eigenvalue weighted by atomic mass is 9.99. The molecular formula is C15H20N2O. The molecule has 3 nitrogen and oxygen atoms in total. The number of nitrogens with zero attached hydrogens (tertiary/aromatic N) is 1. The van der Waals surface area contributed by atoms with Crippen LogP contribution in [-0.4, -0.2) is 18.2 Å². The third-order valence-electron chi connectivity index (χ3n) is 2.56. The number of amidine groups is 1. The van der Waals surface area contributed by atoms with Crippen molar-refractivity contribution >= 4 is 11.6 Å². The Labute approximate surface area is 109 Å². The number of nitrogens with one attached hydrogen (secondary N) is 1. The number of Topliss-reactive ketones (excluding diaryl/α,β-unsaturated/α-hetero) is 1. The molecule has 0 aliphatic rings. The van der Waals surface area contributed by atoms with E-state index < -0.39 is 6.04 Å². The molecule has 0 saturated heterocycles. The van der Waals surface area contributed by atoms with Crippen LogP contribution in [0.3, 0.4) is 0 Å². The largest absolute Gasteiger partial charge is 0.360 e. The molecule has 1 aromatic carbocycles. The maximum absolute atomic E-state index is 12.2. The minimum absolute atomic E-state index is 0.00754. The van der Waals surface area contributed by atoms with Gasteiger partial charge in [0.15, 0.2) is 5.78 Å². The Kier molecular flexibility index (Phi) is 5.31. The van der Waals surface area contributed by atoms with Gasteiger partial charge in [0.25, 0.3) is 0 Å². The Morgan fingerprint density at radius 2 is 1.94 bits per heavy atom. The van der Waals surface area contributed by atoms with Crippen molar-refractivity contribution in [2.75, 3.05) is 6.54 Å². The van der Waals surface area contributed by atoms with E-state index in [9.17, 15) is 4.79 Å². The lowest BCUT2D eigenvalue weighted by molar-refractivity contribution is -0.117. The van der Waals surface area contributed by atoms with Gasteiger partial charge in [-0.25, -0.2) is 0 Å². The summed E-state index contributed by atoms with van der Waals surface area (Å²) < 4.78 is 0. The number of rotatable bonds is 5. The summed E-state index contributed by atoms with van der Waals surface area (Å²) in [6, 6.07) is 9.22. The molecule has 1 rings (SSSR count). The monoisotopic (exact) mass is 244 g/mol. The zero-order chi connectivity index (χ0) is 13.5. The fourth-order valence-electron chi connectivity index (χ4n) is 1.68. The van der Waals surface area contributed by atoms with Gasteiger partial charge in [-0.2, -0.15) is 0 Å². The van der Waals surface area contributed by atoms with E-state index >= 15 is 0 Å². The third-order valence-corrected chi connectivity index (χ3v) is 2.56. The molecule has 0 amide bonds. The first-order chi connectivity index (χ1) is 8.56. The van der Waals surface area contributed by atoms with Gasteiger partial charge in [0.05, 0.1) is 5.84 Å². The van der Waals surface area contributed by atoms with Gasteiger partial charge < -0.3 is 5.32 Å². The van der Waals surface area contributed by atoms with Crippen molar-refractivity contribution in [1.82, 2.24) is 5.32 Å². The van der Waals surface area contributed by atoms with E-state index in [1.807, 2.05) is 44.2 Å². The number of hydrogen-bond donors (Lipinski definition) is 1. The zero-order valence-electron chi connectivity index (χ0n) is 11.2. The van der Waals surface area contributed by atoms with E-state index in [1.54, 1.807) is 6.92 Å². The van der Waals surface area contributed by atoms with Gasteiger partial charge >= 0.3 is 0 Å². The second-order valence-electron chi connectivity index (χ2n) is 4.19. The van der Waals surface area contributed by atoms with Crippen molar-refractivity contribution in [3.63, 3.8) is 0 Å². The summed E-state index contributed by atoms with van der Waals surface area (Å²) in [4.78, 5) is 16.4. The van der Waals surface area contributed by atoms with E-state index in [0.29, 0.717) is 12.1 Å². The van der Waals surface area contributed by atoms with Crippen molar-refractivity contribution in [2.45, 2.75) is 26.8 Å². The second-order valence-corrected chi connectivity index (χ2v) is 4.19. The highest BCUT2D eigenvalue weighted by molar-refractivity contribution is 6.01. The fourth-order valence-corrected chi connectivity index (χ4v) is 1.68. The lowest BCUT2D eigenvalue weighted by Gasteiger charge is -2.19. The summed E-state index contributed by atoms with van der Waals surface area (Å²) in [5, 5.41) is 3.15. The van der Waals surface area contributed by atoms with Crippen LogP contribution < -0.4 is 5.32 Å². The molecular weight excluding hydrogens is 224 g/mol. The molecule has 18 heavy (non-hydrogen) atoms. The van der Waals surface area contributed by atoms with Crippen LogP contribution in [0.1, 0.15) is 32.4 Å². The smallest absolute Gasteiger partial charge is 0.184 e. The maximum Gasteiger partial charge on any atom is 0.184 e. The Morgan fingerprint density at radius 1 is 1.33 bits per heavy atom. The maximum atomic E-state index is 12.2. The Hall–Kier alpha value is -1.90. The van der Waals surface area contributed by atoms with E-state index in [1.165, 1.54) is 0 Å². The van der Waals surface area contributed by atoms with Crippen molar-refractivity contribution in [3.8, 4) is 0 Å². The second kappa shape index (κ2) is 6.74. The van der Waals surface area contributed by atoms with Gasteiger partial charge in [-0.1, -0.05) is 36.9 Å². The van der Waals surface area contributed by atoms with Gasteiger partial charge in [-0.3, -0.25) is 9.79 Å². The molecule has 1 atom stereocenters. The molecule has 1 N–H and O–H groups in total. The molecule has 3 heteroatoms. The van der Waals surface area contributed by atoms with E-state index in [4.69, 9.17) is 0 Å².